The van der Waals surface area contributed by atoms with Crippen LogP contribution in [0.1, 0.15) is 21.7 Å². The third kappa shape index (κ3) is 3.95. The summed E-state index contributed by atoms with van der Waals surface area (Å²) in [5, 5.41) is 10.6. The summed E-state index contributed by atoms with van der Waals surface area (Å²) in [5.41, 5.74) is 5.70. The Kier molecular flexibility index (Phi) is 4.68. The van der Waals surface area contributed by atoms with Crippen molar-refractivity contribution < 1.29 is 9.53 Å². The molecule has 2 heterocycles. The number of hydrazone groups is 1. The molecule has 2 aromatic rings. The molecule has 1 amide bonds. The fourth-order valence-electron chi connectivity index (χ4n) is 2.35. The molecule has 7 heteroatoms. The van der Waals surface area contributed by atoms with E-state index in [-0.39, 0.29) is 5.91 Å². The van der Waals surface area contributed by atoms with E-state index in [2.05, 4.69) is 25.6 Å². The van der Waals surface area contributed by atoms with Gasteiger partial charge in [0.1, 0.15) is 0 Å². The molecule has 1 saturated heterocycles. The molecule has 0 radical (unpaired) electrons. The van der Waals surface area contributed by atoms with E-state index in [0.717, 1.165) is 37.6 Å². The van der Waals surface area contributed by atoms with Gasteiger partial charge in [-0.25, -0.2) is 5.43 Å². The third-order valence-corrected chi connectivity index (χ3v) is 3.59. The Morgan fingerprint density at radius 1 is 1.35 bits per heavy atom. The smallest absolute Gasteiger partial charge is 0.291 e. The first-order chi connectivity index (χ1) is 11.2. The Hall–Kier alpha value is -2.67. The van der Waals surface area contributed by atoms with Crippen LogP contribution in [0, 0.1) is 6.92 Å². The largest absolute Gasteiger partial charge is 0.378 e. The predicted octanol–water partition coefficient (Wildman–Crippen LogP) is 1.32. The van der Waals surface area contributed by atoms with E-state index in [0.29, 0.717) is 5.69 Å². The maximum atomic E-state index is 11.8. The first-order valence-electron chi connectivity index (χ1n) is 7.50. The fraction of sp³-hybridized carbons (Fsp3) is 0.312. The number of benzene rings is 1. The fourth-order valence-corrected chi connectivity index (χ4v) is 2.35. The van der Waals surface area contributed by atoms with E-state index >= 15 is 0 Å². The minimum Gasteiger partial charge on any atom is -0.378 e. The van der Waals surface area contributed by atoms with Crippen LogP contribution in [0.15, 0.2) is 35.4 Å². The third-order valence-electron chi connectivity index (χ3n) is 3.59. The Balaban J connectivity index is 1.56. The zero-order valence-electron chi connectivity index (χ0n) is 13.0. The maximum Gasteiger partial charge on any atom is 0.291 e. The van der Waals surface area contributed by atoms with Crippen molar-refractivity contribution in [2.45, 2.75) is 6.92 Å². The monoisotopic (exact) mass is 313 g/mol. The lowest BCUT2D eigenvalue weighted by molar-refractivity contribution is 0.0950. The highest BCUT2D eigenvalue weighted by Gasteiger charge is 2.10. The molecule has 1 aliphatic heterocycles. The van der Waals surface area contributed by atoms with Gasteiger partial charge in [-0.2, -0.15) is 10.2 Å². The van der Waals surface area contributed by atoms with Crippen molar-refractivity contribution in [1.29, 1.82) is 0 Å². The first-order valence-corrected chi connectivity index (χ1v) is 7.50. The molecular formula is C16H19N5O2. The number of ether oxygens (including phenoxy) is 1. The second-order valence-electron chi connectivity index (χ2n) is 5.33. The molecule has 0 aliphatic carbocycles. The van der Waals surface area contributed by atoms with Crippen LogP contribution < -0.4 is 10.3 Å². The van der Waals surface area contributed by atoms with Crippen molar-refractivity contribution in [3.8, 4) is 0 Å². The first kappa shape index (κ1) is 15.2. The highest BCUT2D eigenvalue weighted by molar-refractivity contribution is 5.93. The van der Waals surface area contributed by atoms with Crippen molar-refractivity contribution in [2.24, 2.45) is 5.10 Å². The van der Waals surface area contributed by atoms with Gasteiger partial charge in [0, 0.05) is 24.5 Å². The van der Waals surface area contributed by atoms with E-state index < -0.39 is 0 Å². The lowest BCUT2D eigenvalue weighted by atomic mass is 10.2. The van der Waals surface area contributed by atoms with Gasteiger partial charge in [-0.15, -0.1) is 0 Å². The van der Waals surface area contributed by atoms with Crippen molar-refractivity contribution in [2.75, 3.05) is 31.2 Å². The number of morpholine rings is 1. The summed E-state index contributed by atoms with van der Waals surface area (Å²) in [5.74, 6) is -0.337. The molecule has 1 aromatic heterocycles. The van der Waals surface area contributed by atoms with Gasteiger partial charge < -0.3 is 9.64 Å². The quantitative estimate of drug-likeness (QED) is 0.659. The number of carbonyl (C=O) groups is 1. The zero-order chi connectivity index (χ0) is 16.1. The summed E-state index contributed by atoms with van der Waals surface area (Å²) >= 11 is 0. The summed E-state index contributed by atoms with van der Waals surface area (Å²) in [6.45, 7) is 5.19. The number of aromatic nitrogens is 2. The predicted molar refractivity (Wildman–Crippen MR) is 87.9 cm³/mol. The van der Waals surface area contributed by atoms with E-state index in [1.165, 1.54) is 5.69 Å². The number of carbonyl (C=O) groups excluding carboxylic acids is 1. The van der Waals surface area contributed by atoms with Gasteiger partial charge in [-0.1, -0.05) is 12.1 Å². The van der Waals surface area contributed by atoms with Crippen molar-refractivity contribution in [3.63, 3.8) is 0 Å². The Morgan fingerprint density at radius 2 is 2.09 bits per heavy atom. The molecule has 0 saturated carbocycles. The molecule has 7 nitrogen and oxygen atoms in total. The lowest BCUT2D eigenvalue weighted by Gasteiger charge is -2.28. The number of H-pyrrole nitrogens is 1. The zero-order valence-corrected chi connectivity index (χ0v) is 13.0. The average molecular weight is 313 g/mol. The molecule has 120 valence electrons. The number of nitrogens with zero attached hydrogens (tertiary/aromatic N) is 3. The second kappa shape index (κ2) is 7.06. The molecule has 1 aromatic carbocycles. The van der Waals surface area contributed by atoms with Crippen LogP contribution in [-0.2, 0) is 4.74 Å². The van der Waals surface area contributed by atoms with Gasteiger partial charge in [0.05, 0.1) is 19.4 Å². The molecule has 0 atom stereocenters. The molecule has 0 unspecified atom stereocenters. The van der Waals surface area contributed by atoms with E-state index in [4.69, 9.17) is 4.74 Å². The maximum absolute atomic E-state index is 11.8. The molecule has 1 fully saturated rings. The van der Waals surface area contributed by atoms with Crippen LogP contribution in [0.3, 0.4) is 0 Å². The number of aromatic amines is 1. The number of hydrogen-bond donors (Lipinski definition) is 2. The van der Waals surface area contributed by atoms with E-state index in [1.54, 1.807) is 12.3 Å². The van der Waals surface area contributed by atoms with E-state index in [9.17, 15) is 4.79 Å². The van der Waals surface area contributed by atoms with Crippen LogP contribution in [0.25, 0.3) is 0 Å². The van der Waals surface area contributed by atoms with Crippen LogP contribution in [-0.4, -0.2) is 48.6 Å². The van der Waals surface area contributed by atoms with Crippen LogP contribution >= 0.6 is 0 Å². The van der Waals surface area contributed by atoms with Crippen molar-refractivity contribution in [1.82, 2.24) is 15.6 Å². The van der Waals surface area contributed by atoms with Gasteiger partial charge in [-0.05, 0) is 30.7 Å². The lowest BCUT2D eigenvalue weighted by Crippen LogP contribution is -2.36. The Bertz CT molecular complexity index is 687. The summed E-state index contributed by atoms with van der Waals surface area (Å²) < 4.78 is 5.35. The number of anilines is 1. The second-order valence-corrected chi connectivity index (χ2v) is 5.33. The standard InChI is InChI=1S/C16H19N5O2/c1-12-10-15(19-18-12)16(22)20-17-11-13-2-4-14(5-3-13)21-6-8-23-9-7-21/h2-5,10-11H,6-9H2,1H3,(H,18,19)(H,20,22)/b17-11-. The Morgan fingerprint density at radius 3 is 2.74 bits per heavy atom. The Labute approximate surface area is 134 Å². The minimum atomic E-state index is -0.337. The van der Waals surface area contributed by atoms with E-state index in [1.807, 2.05) is 31.2 Å². The topological polar surface area (TPSA) is 82.6 Å². The van der Waals surface area contributed by atoms with Gasteiger partial charge in [0.2, 0.25) is 0 Å². The number of hydrogen-bond acceptors (Lipinski definition) is 5. The summed E-state index contributed by atoms with van der Waals surface area (Å²) in [7, 11) is 0. The molecule has 1 aliphatic rings. The normalized spacial score (nSPS) is 15.1. The van der Waals surface area contributed by atoms with Gasteiger partial charge in [-0.3, -0.25) is 9.89 Å². The summed E-state index contributed by atoms with van der Waals surface area (Å²) in [6, 6.07) is 9.71. The number of aryl methyl sites for hydroxylation is 1. The van der Waals surface area contributed by atoms with Gasteiger partial charge in [0.25, 0.3) is 5.91 Å². The summed E-state index contributed by atoms with van der Waals surface area (Å²) in [4.78, 5) is 14.1. The van der Waals surface area contributed by atoms with Crippen LogP contribution in [0.5, 0.6) is 0 Å². The van der Waals surface area contributed by atoms with Crippen molar-refractivity contribution in [3.05, 3.63) is 47.3 Å². The highest BCUT2D eigenvalue weighted by atomic mass is 16.5. The highest BCUT2D eigenvalue weighted by Crippen LogP contribution is 2.15. The molecule has 0 bridgehead atoms. The SMILES string of the molecule is Cc1cc(C(=O)N/N=C\c2ccc(N3CCOCC3)cc2)n[nH]1. The van der Waals surface area contributed by atoms with Crippen LogP contribution in [0.4, 0.5) is 5.69 Å². The molecule has 23 heavy (non-hydrogen) atoms. The number of rotatable bonds is 4. The number of amides is 1. The number of nitrogens with one attached hydrogen (secondary N) is 2. The molecule has 3 rings (SSSR count). The molecule has 0 spiro atoms. The van der Waals surface area contributed by atoms with Gasteiger partial charge >= 0.3 is 0 Å². The van der Waals surface area contributed by atoms with Crippen LogP contribution in [0.2, 0.25) is 0 Å². The van der Waals surface area contributed by atoms with Gasteiger partial charge in [0.15, 0.2) is 5.69 Å². The molecular weight excluding hydrogens is 294 g/mol. The summed E-state index contributed by atoms with van der Waals surface area (Å²) in [6.07, 6.45) is 1.61. The van der Waals surface area contributed by atoms with Crippen molar-refractivity contribution >= 4 is 17.8 Å². The molecule has 2 N–H and O–H groups in total. The average Bonchev–Trinajstić information content (AvgIpc) is 3.03. The minimum absolute atomic E-state index is 0.322.